The van der Waals surface area contributed by atoms with E-state index < -0.39 is 22.4 Å². The lowest BCUT2D eigenvalue weighted by atomic mass is 9.48. The van der Waals surface area contributed by atoms with Crippen LogP contribution in [-0.4, -0.2) is 21.8 Å². The Labute approximate surface area is 166 Å². The van der Waals surface area contributed by atoms with Crippen molar-refractivity contribution in [1.82, 2.24) is 0 Å². The zero-order valence-electron chi connectivity index (χ0n) is 19.9. The fourth-order valence-corrected chi connectivity index (χ4v) is 5.17. The van der Waals surface area contributed by atoms with Gasteiger partial charge in [0.1, 0.15) is 0 Å². The Morgan fingerprint density at radius 1 is 0.852 bits per heavy atom. The van der Waals surface area contributed by atoms with Crippen LogP contribution in [0.25, 0.3) is 0 Å². The number of carbonyl (C=O) groups is 1. The largest absolute Gasteiger partial charge is 0.478 e. The molecule has 0 aromatic heterocycles. The first-order chi connectivity index (χ1) is 11.6. The number of hydrogen-bond donors (Lipinski definition) is 2. The highest BCUT2D eigenvalue weighted by atomic mass is 16.4. The third kappa shape index (κ3) is 3.90. The lowest BCUT2D eigenvalue weighted by Crippen LogP contribution is -2.60. The molecule has 1 rings (SSSR count). The Morgan fingerprint density at radius 2 is 1.26 bits per heavy atom. The minimum atomic E-state index is -1.16. The summed E-state index contributed by atoms with van der Waals surface area (Å²) >= 11 is 0. The van der Waals surface area contributed by atoms with Gasteiger partial charge in [0, 0.05) is 5.92 Å². The summed E-state index contributed by atoms with van der Waals surface area (Å²) in [5, 5.41) is 22.7. The maximum Gasteiger partial charge on any atom is 0.335 e. The van der Waals surface area contributed by atoms with Crippen LogP contribution in [0.5, 0.6) is 0 Å². The van der Waals surface area contributed by atoms with E-state index in [1.54, 1.807) is 0 Å². The lowest BCUT2D eigenvalue weighted by molar-refractivity contribution is -0.133. The van der Waals surface area contributed by atoms with Gasteiger partial charge < -0.3 is 10.2 Å². The normalized spacial score (nSPS) is 25.9. The molecule has 0 aromatic carbocycles. The van der Waals surface area contributed by atoms with Gasteiger partial charge in [-0.25, -0.2) is 4.79 Å². The van der Waals surface area contributed by atoms with Gasteiger partial charge in [0.05, 0.1) is 11.2 Å². The van der Waals surface area contributed by atoms with E-state index in [0.717, 1.165) is 16.7 Å². The van der Waals surface area contributed by atoms with Crippen molar-refractivity contribution in [1.29, 1.82) is 0 Å². The molecule has 0 aliphatic heterocycles. The maximum atomic E-state index is 12.5. The molecular formula is C24H42O3. The van der Waals surface area contributed by atoms with Crippen molar-refractivity contribution in [2.24, 2.45) is 27.6 Å². The van der Waals surface area contributed by atoms with Crippen molar-refractivity contribution in [3.63, 3.8) is 0 Å². The van der Waals surface area contributed by atoms with Crippen molar-refractivity contribution >= 4 is 5.97 Å². The van der Waals surface area contributed by atoms with Crippen LogP contribution in [0.15, 0.2) is 22.3 Å². The van der Waals surface area contributed by atoms with E-state index in [1.807, 2.05) is 27.7 Å². The molecule has 3 nitrogen and oxygen atoms in total. The fraction of sp³-hybridized carbons (Fsp3) is 0.792. The minimum absolute atomic E-state index is 0.295. The summed E-state index contributed by atoms with van der Waals surface area (Å²) in [5.41, 5.74) is 0.134. The second kappa shape index (κ2) is 6.47. The van der Waals surface area contributed by atoms with Gasteiger partial charge in [-0.15, -0.1) is 0 Å². The standard InChI is InChI=1S/C24H42O3/c1-14-15(19(25)26)16(20(2,3)4)18(22(8,9)10)24(27,23(11,12)13)17(14)21(5,6)7/h17,27H,1-13H3,(H,25,26). The van der Waals surface area contributed by atoms with Gasteiger partial charge in [0.15, 0.2) is 0 Å². The summed E-state index contributed by atoms with van der Waals surface area (Å²) in [6.07, 6.45) is 0. The number of carboxylic acids is 1. The SMILES string of the molecule is CC1=C(C(=O)O)C(C(C)(C)C)=C(C(C)(C)C)C(O)(C(C)(C)C)C1C(C)(C)C. The quantitative estimate of drug-likeness (QED) is 0.568. The zero-order chi connectivity index (χ0) is 22.0. The first-order valence-electron chi connectivity index (χ1n) is 10.0. The Balaban J connectivity index is 4.36. The lowest BCUT2D eigenvalue weighted by Gasteiger charge is -2.59. The van der Waals surface area contributed by atoms with Crippen molar-refractivity contribution in [3.05, 3.63) is 22.3 Å². The van der Waals surface area contributed by atoms with E-state index in [2.05, 4.69) is 62.3 Å². The van der Waals surface area contributed by atoms with Crippen LogP contribution in [0, 0.1) is 27.6 Å². The first-order valence-corrected chi connectivity index (χ1v) is 10.0. The van der Waals surface area contributed by atoms with Gasteiger partial charge in [-0.05, 0) is 39.7 Å². The molecule has 2 atom stereocenters. The molecule has 0 bridgehead atoms. The predicted octanol–water partition coefficient (Wildman–Crippen LogP) is 6.23. The number of carboxylic acid groups (broad SMARTS) is 1. The predicted molar refractivity (Wildman–Crippen MR) is 114 cm³/mol. The molecule has 1 aliphatic carbocycles. The van der Waals surface area contributed by atoms with Crippen LogP contribution in [-0.2, 0) is 4.79 Å². The van der Waals surface area contributed by atoms with Crippen LogP contribution in [0.3, 0.4) is 0 Å². The van der Waals surface area contributed by atoms with E-state index in [1.165, 1.54) is 0 Å². The highest BCUT2D eigenvalue weighted by molar-refractivity contribution is 5.94. The Hall–Kier alpha value is -1.09. The van der Waals surface area contributed by atoms with Crippen molar-refractivity contribution in [2.45, 2.75) is 95.6 Å². The second-order valence-electron chi connectivity index (χ2n) is 12.4. The molecule has 0 fully saturated rings. The monoisotopic (exact) mass is 378 g/mol. The molecule has 0 amide bonds. The van der Waals surface area contributed by atoms with Crippen LogP contribution < -0.4 is 0 Å². The molecule has 2 unspecified atom stereocenters. The van der Waals surface area contributed by atoms with Crippen molar-refractivity contribution in [3.8, 4) is 0 Å². The van der Waals surface area contributed by atoms with E-state index in [0.29, 0.717) is 5.57 Å². The van der Waals surface area contributed by atoms with Gasteiger partial charge in [-0.1, -0.05) is 88.7 Å². The van der Waals surface area contributed by atoms with Crippen molar-refractivity contribution < 1.29 is 15.0 Å². The van der Waals surface area contributed by atoms with E-state index >= 15 is 0 Å². The molecule has 0 heterocycles. The van der Waals surface area contributed by atoms with Gasteiger partial charge in [-0.3, -0.25) is 0 Å². The Bertz CT molecular complexity index is 679. The third-order valence-electron chi connectivity index (χ3n) is 5.85. The van der Waals surface area contributed by atoms with Crippen LogP contribution in [0.4, 0.5) is 0 Å². The molecule has 2 N–H and O–H groups in total. The molecule has 1 aliphatic rings. The average molecular weight is 379 g/mol. The van der Waals surface area contributed by atoms with Crippen LogP contribution in [0.1, 0.15) is 90.0 Å². The van der Waals surface area contributed by atoms with Crippen molar-refractivity contribution in [2.75, 3.05) is 0 Å². The number of rotatable bonds is 1. The van der Waals surface area contributed by atoms with E-state index in [4.69, 9.17) is 0 Å². The van der Waals surface area contributed by atoms with Crippen LogP contribution >= 0.6 is 0 Å². The van der Waals surface area contributed by atoms with Gasteiger partial charge in [0.2, 0.25) is 0 Å². The van der Waals surface area contributed by atoms with E-state index in [9.17, 15) is 15.0 Å². The molecule has 0 radical (unpaired) electrons. The van der Waals surface area contributed by atoms with Gasteiger partial charge in [0.25, 0.3) is 0 Å². The molecule has 3 heteroatoms. The molecule has 0 saturated carbocycles. The first kappa shape index (κ1) is 23.9. The third-order valence-corrected chi connectivity index (χ3v) is 5.85. The van der Waals surface area contributed by atoms with Gasteiger partial charge >= 0.3 is 5.97 Å². The maximum absolute atomic E-state index is 12.5. The fourth-order valence-electron chi connectivity index (χ4n) is 5.17. The molecular weight excluding hydrogens is 336 g/mol. The number of aliphatic carboxylic acids is 1. The van der Waals surface area contributed by atoms with E-state index in [-0.39, 0.29) is 16.7 Å². The Kier molecular flexibility index (Phi) is 5.74. The summed E-state index contributed by atoms with van der Waals surface area (Å²) in [4.78, 5) is 12.5. The zero-order valence-corrected chi connectivity index (χ0v) is 19.9. The summed E-state index contributed by atoms with van der Waals surface area (Å²) < 4.78 is 0. The molecule has 0 saturated heterocycles. The molecule has 27 heavy (non-hydrogen) atoms. The van der Waals surface area contributed by atoms with Gasteiger partial charge in [-0.2, -0.15) is 0 Å². The summed E-state index contributed by atoms with van der Waals surface area (Å²) in [7, 11) is 0. The number of aliphatic hydroxyl groups is 1. The number of hydrogen-bond acceptors (Lipinski definition) is 2. The summed E-state index contributed by atoms with van der Waals surface area (Å²) in [6, 6.07) is 0. The summed E-state index contributed by atoms with van der Waals surface area (Å²) in [6.45, 7) is 26.8. The highest BCUT2D eigenvalue weighted by Crippen LogP contribution is 2.61. The Morgan fingerprint density at radius 3 is 1.48 bits per heavy atom. The second-order valence-corrected chi connectivity index (χ2v) is 12.4. The molecule has 0 spiro atoms. The average Bonchev–Trinajstić information content (AvgIpc) is 2.30. The summed E-state index contributed by atoms with van der Waals surface area (Å²) in [5.74, 6) is -1.19. The topological polar surface area (TPSA) is 57.5 Å². The minimum Gasteiger partial charge on any atom is -0.478 e. The highest BCUT2D eigenvalue weighted by Gasteiger charge is 2.60. The molecule has 156 valence electrons. The molecule has 0 aromatic rings. The smallest absolute Gasteiger partial charge is 0.335 e. The van der Waals surface area contributed by atoms with Crippen LogP contribution in [0.2, 0.25) is 0 Å².